The lowest BCUT2D eigenvalue weighted by Gasteiger charge is -2.30. The highest BCUT2D eigenvalue weighted by molar-refractivity contribution is 5.95. The molecule has 3 rings (SSSR count). The molecule has 6 heteroatoms. The van der Waals surface area contributed by atoms with Gasteiger partial charge in [0.05, 0.1) is 36.5 Å². The average molecular weight is 369 g/mol. The quantitative estimate of drug-likeness (QED) is 0.735. The van der Waals surface area contributed by atoms with Crippen molar-refractivity contribution in [3.63, 3.8) is 0 Å². The van der Waals surface area contributed by atoms with Gasteiger partial charge in [-0.2, -0.15) is 5.10 Å². The Morgan fingerprint density at radius 3 is 2.48 bits per heavy atom. The van der Waals surface area contributed by atoms with Gasteiger partial charge >= 0.3 is 5.97 Å². The summed E-state index contributed by atoms with van der Waals surface area (Å²) in [5, 5.41) is 4.46. The molecule has 1 saturated heterocycles. The molecular weight excluding hydrogens is 342 g/mol. The number of likely N-dealkylation sites (tertiary alicyclic amines) is 1. The largest absolute Gasteiger partial charge is 0.466 e. The summed E-state index contributed by atoms with van der Waals surface area (Å²) < 4.78 is 7.01. The molecule has 2 heterocycles. The van der Waals surface area contributed by atoms with Crippen LogP contribution in [0.15, 0.2) is 36.5 Å². The van der Waals surface area contributed by atoms with Crippen molar-refractivity contribution in [2.45, 2.75) is 39.7 Å². The molecule has 27 heavy (non-hydrogen) atoms. The van der Waals surface area contributed by atoms with E-state index in [0.29, 0.717) is 44.6 Å². The van der Waals surface area contributed by atoms with Gasteiger partial charge in [-0.05, 0) is 31.7 Å². The van der Waals surface area contributed by atoms with Crippen LogP contribution in [0.4, 0.5) is 0 Å². The predicted octanol–water partition coefficient (Wildman–Crippen LogP) is 2.91. The van der Waals surface area contributed by atoms with Crippen LogP contribution in [0, 0.1) is 5.92 Å². The highest BCUT2D eigenvalue weighted by Gasteiger charge is 2.30. The van der Waals surface area contributed by atoms with E-state index in [2.05, 4.69) is 17.2 Å². The summed E-state index contributed by atoms with van der Waals surface area (Å²) in [4.78, 5) is 26.7. The molecule has 0 bridgehead atoms. The molecule has 1 aliphatic rings. The molecule has 144 valence electrons. The zero-order chi connectivity index (χ0) is 19.2. The monoisotopic (exact) mass is 369 g/mol. The van der Waals surface area contributed by atoms with E-state index in [-0.39, 0.29) is 17.8 Å². The van der Waals surface area contributed by atoms with Crippen LogP contribution in [-0.4, -0.2) is 46.3 Å². The van der Waals surface area contributed by atoms with Crippen molar-refractivity contribution in [3.05, 3.63) is 53.3 Å². The molecule has 0 saturated carbocycles. The van der Waals surface area contributed by atoms with Gasteiger partial charge in [-0.25, -0.2) is 0 Å². The summed E-state index contributed by atoms with van der Waals surface area (Å²) in [6.45, 7) is 6.07. The van der Waals surface area contributed by atoms with Crippen LogP contribution in [0.25, 0.3) is 0 Å². The van der Waals surface area contributed by atoms with Crippen LogP contribution in [-0.2, 0) is 22.5 Å². The Morgan fingerprint density at radius 1 is 1.15 bits per heavy atom. The standard InChI is InChI=1S/C21H27N3O3/c1-3-19-18(14-22-24(19)15-16-8-6-5-7-9-16)20(25)23-12-10-17(11-13-23)21(26)27-4-2/h5-9,14,17H,3-4,10-13,15H2,1-2H3. The topological polar surface area (TPSA) is 64.4 Å². The smallest absolute Gasteiger partial charge is 0.309 e. The number of amides is 1. The predicted molar refractivity (Wildman–Crippen MR) is 102 cm³/mol. The van der Waals surface area contributed by atoms with Crippen molar-refractivity contribution in [1.29, 1.82) is 0 Å². The first-order chi connectivity index (χ1) is 13.1. The molecule has 1 aromatic heterocycles. The Bertz CT molecular complexity index is 777. The second-order valence-corrected chi connectivity index (χ2v) is 6.82. The molecule has 0 atom stereocenters. The van der Waals surface area contributed by atoms with Crippen molar-refractivity contribution in [3.8, 4) is 0 Å². The third-order valence-electron chi connectivity index (χ3n) is 5.09. The van der Waals surface area contributed by atoms with Crippen LogP contribution in [0.1, 0.15) is 48.3 Å². The summed E-state index contributed by atoms with van der Waals surface area (Å²) in [5.41, 5.74) is 2.78. The lowest BCUT2D eigenvalue weighted by atomic mass is 9.96. The molecule has 1 fully saturated rings. The molecular formula is C21H27N3O3. The number of nitrogens with zero attached hydrogens (tertiary/aromatic N) is 3. The molecule has 0 N–H and O–H groups in total. The lowest BCUT2D eigenvalue weighted by Crippen LogP contribution is -2.40. The number of hydrogen-bond donors (Lipinski definition) is 0. The normalized spacial score (nSPS) is 15.0. The van der Waals surface area contributed by atoms with Crippen molar-refractivity contribution in [2.75, 3.05) is 19.7 Å². The first kappa shape index (κ1) is 19.1. The molecule has 1 amide bonds. The maximum atomic E-state index is 13.0. The highest BCUT2D eigenvalue weighted by atomic mass is 16.5. The first-order valence-electron chi connectivity index (χ1n) is 9.68. The minimum Gasteiger partial charge on any atom is -0.466 e. The summed E-state index contributed by atoms with van der Waals surface area (Å²) in [6, 6.07) is 10.1. The van der Waals surface area contributed by atoms with Gasteiger partial charge in [0.2, 0.25) is 0 Å². The van der Waals surface area contributed by atoms with Crippen molar-refractivity contribution in [1.82, 2.24) is 14.7 Å². The van der Waals surface area contributed by atoms with Gasteiger partial charge in [0.1, 0.15) is 0 Å². The summed E-state index contributed by atoms with van der Waals surface area (Å²) in [7, 11) is 0. The van der Waals surface area contributed by atoms with Crippen LogP contribution < -0.4 is 0 Å². The Labute approximate surface area is 160 Å². The number of carbonyl (C=O) groups excluding carboxylic acids is 2. The first-order valence-corrected chi connectivity index (χ1v) is 9.68. The maximum absolute atomic E-state index is 13.0. The van der Waals surface area contributed by atoms with Gasteiger partial charge in [0.15, 0.2) is 0 Å². The second kappa shape index (κ2) is 8.84. The molecule has 2 aromatic rings. The minimum absolute atomic E-state index is 0.00784. The zero-order valence-electron chi connectivity index (χ0n) is 16.1. The van der Waals surface area contributed by atoms with Gasteiger partial charge in [0.25, 0.3) is 5.91 Å². The van der Waals surface area contributed by atoms with E-state index in [4.69, 9.17) is 4.74 Å². The fraction of sp³-hybridized carbons (Fsp3) is 0.476. The fourth-order valence-corrected chi connectivity index (χ4v) is 3.60. The number of esters is 1. The molecule has 0 spiro atoms. The number of aromatic nitrogens is 2. The minimum atomic E-state index is -0.144. The number of piperidine rings is 1. The summed E-state index contributed by atoms with van der Waals surface area (Å²) in [5.74, 6) is -0.233. The molecule has 0 unspecified atom stereocenters. The van der Waals surface area contributed by atoms with E-state index in [9.17, 15) is 9.59 Å². The third-order valence-corrected chi connectivity index (χ3v) is 5.09. The Morgan fingerprint density at radius 2 is 1.85 bits per heavy atom. The van der Waals surface area contributed by atoms with Crippen LogP contribution >= 0.6 is 0 Å². The van der Waals surface area contributed by atoms with E-state index in [0.717, 1.165) is 17.7 Å². The van der Waals surface area contributed by atoms with Gasteiger partial charge < -0.3 is 9.64 Å². The number of ether oxygens (including phenoxy) is 1. The van der Waals surface area contributed by atoms with Crippen LogP contribution in [0.5, 0.6) is 0 Å². The van der Waals surface area contributed by atoms with E-state index in [1.807, 2.05) is 41.6 Å². The molecule has 1 aliphatic heterocycles. The number of carbonyl (C=O) groups is 2. The number of benzene rings is 1. The number of rotatable bonds is 6. The van der Waals surface area contributed by atoms with E-state index in [1.54, 1.807) is 6.20 Å². The summed E-state index contributed by atoms with van der Waals surface area (Å²) in [6.07, 6.45) is 3.74. The summed E-state index contributed by atoms with van der Waals surface area (Å²) >= 11 is 0. The molecule has 6 nitrogen and oxygen atoms in total. The fourth-order valence-electron chi connectivity index (χ4n) is 3.60. The van der Waals surface area contributed by atoms with Crippen molar-refractivity contribution in [2.24, 2.45) is 5.92 Å². The van der Waals surface area contributed by atoms with E-state index >= 15 is 0 Å². The molecule has 0 radical (unpaired) electrons. The maximum Gasteiger partial charge on any atom is 0.309 e. The van der Waals surface area contributed by atoms with Gasteiger partial charge in [-0.1, -0.05) is 37.3 Å². The lowest BCUT2D eigenvalue weighted by molar-refractivity contribution is -0.149. The number of hydrogen-bond acceptors (Lipinski definition) is 4. The Balaban J connectivity index is 1.68. The van der Waals surface area contributed by atoms with Crippen LogP contribution in [0.2, 0.25) is 0 Å². The highest BCUT2D eigenvalue weighted by Crippen LogP contribution is 2.22. The zero-order valence-corrected chi connectivity index (χ0v) is 16.1. The van der Waals surface area contributed by atoms with E-state index in [1.165, 1.54) is 0 Å². The SMILES string of the molecule is CCOC(=O)C1CCN(C(=O)c2cnn(Cc3ccccc3)c2CC)CC1. The van der Waals surface area contributed by atoms with Crippen molar-refractivity contribution < 1.29 is 14.3 Å². The van der Waals surface area contributed by atoms with Gasteiger partial charge in [-0.15, -0.1) is 0 Å². The van der Waals surface area contributed by atoms with Crippen LogP contribution in [0.3, 0.4) is 0 Å². The second-order valence-electron chi connectivity index (χ2n) is 6.82. The molecule has 0 aliphatic carbocycles. The van der Waals surface area contributed by atoms with Gasteiger partial charge in [0, 0.05) is 13.1 Å². The molecule has 1 aromatic carbocycles. The Kier molecular flexibility index (Phi) is 6.27. The third kappa shape index (κ3) is 4.38. The Hall–Kier alpha value is -2.63. The average Bonchev–Trinajstić information content (AvgIpc) is 3.11. The van der Waals surface area contributed by atoms with Crippen molar-refractivity contribution >= 4 is 11.9 Å². The van der Waals surface area contributed by atoms with Gasteiger partial charge in [-0.3, -0.25) is 14.3 Å². The van der Waals surface area contributed by atoms with E-state index < -0.39 is 0 Å².